The predicted molar refractivity (Wildman–Crippen MR) is 77.1 cm³/mol. The molecular formula is C16H11Br. The standard InChI is InChI=1S/C16H11Br/c17-16-11-10-13(12-6-2-1-3-7-12)14-8-4-5-9-15(14)16/h1-11H. The van der Waals surface area contributed by atoms with Crippen LogP contribution in [0.25, 0.3) is 21.9 Å². The van der Waals surface area contributed by atoms with Gasteiger partial charge in [0.15, 0.2) is 0 Å². The summed E-state index contributed by atoms with van der Waals surface area (Å²) in [5.41, 5.74) is 2.54. The first kappa shape index (κ1) is 10.5. The van der Waals surface area contributed by atoms with E-state index in [1.54, 1.807) is 0 Å². The average Bonchev–Trinajstić information content (AvgIpc) is 2.41. The molecule has 0 aliphatic carbocycles. The molecule has 3 aromatic rings. The molecule has 0 spiro atoms. The molecule has 0 saturated carbocycles. The van der Waals surface area contributed by atoms with Gasteiger partial charge in [0.25, 0.3) is 0 Å². The molecular weight excluding hydrogens is 272 g/mol. The second-order valence-corrected chi connectivity index (χ2v) is 4.86. The molecule has 0 aromatic heterocycles. The Morgan fingerprint density at radius 1 is 0.588 bits per heavy atom. The van der Waals surface area contributed by atoms with Crippen molar-refractivity contribution in [2.45, 2.75) is 0 Å². The van der Waals surface area contributed by atoms with Gasteiger partial charge in [-0.1, -0.05) is 76.6 Å². The van der Waals surface area contributed by atoms with Crippen LogP contribution in [0.3, 0.4) is 0 Å². The van der Waals surface area contributed by atoms with Gasteiger partial charge in [0, 0.05) is 4.47 Å². The highest BCUT2D eigenvalue weighted by Crippen LogP contribution is 2.32. The minimum Gasteiger partial charge on any atom is -0.0622 e. The second kappa shape index (κ2) is 4.34. The highest BCUT2D eigenvalue weighted by molar-refractivity contribution is 9.10. The Balaban J connectivity index is 2.35. The molecule has 3 aromatic carbocycles. The minimum absolute atomic E-state index is 1.15. The van der Waals surface area contributed by atoms with E-state index < -0.39 is 0 Å². The van der Waals surface area contributed by atoms with Gasteiger partial charge in [-0.25, -0.2) is 0 Å². The number of hydrogen-bond acceptors (Lipinski definition) is 0. The fourth-order valence-corrected chi connectivity index (χ4v) is 2.61. The number of hydrogen-bond donors (Lipinski definition) is 0. The molecule has 0 amide bonds. The summed E-state index contributed by atoms with van der Waals surface area (Å²) in [5.74, 6) is 0. The van der Waals surface area contributed by atoms with E-state index in [1.165, 1.54) is 21.9 Å². The van der Waals surface area contributed by atoms with E-state index in [0.29, 0.717) is 0 Å². The molecule has 1 heteroatoms. The van der Waals surface area contributed by atoms with Gasteiger partial charge >= 0.3 is 0 Å². The van der Waals surface area contributed by atoms with Crippen LogP contribution in [0.4, 0.5) is 0 Å². The van der Waals surface area contributed by atoms with Crippen LogP contribution in [-0.2, 0) is 0 Å². The van der Waals surface area contributed by atoms with Gasteiger partial charge in [-0.2, -0.15) is 0 Å². The van der Waals surface area contributed by atoms with E-state index in [2.05, 4.69) is 76.6 Å². The third-order valence-electron chi connectivity index (χ3n) is 2.96. The molecule has 17 heavy (non-hydrogen) atoms. The van der Waals surface area contributed by atoms with E-state index in [0.717, 1.165) is 4.47 Å². The maximum atomic E-state index is 3.60. The van der Waals surface area contributed by atoms with Crippen LogP contribution in [0, 0.1) is 0 Å². The van der Waals surface area contributed by atoms with Gasteiger partial charge in [-0.15, -0.1) is 0 Å². The van der Waals surface area contributed by atoms with Crippen LogP contribution in [0.1, 0.15) is 0 Å². The Morgan fingerprint density at radius 3 is 2.00 bits per heavy atom. The van der Waals surface area contributed by atoms with Crippen LogP contribution >= 0.6 is 15.9 Å². The Labute approximate surface area is 109 Å². The van der Waals surface area contributed by atoms with Crippen molar-refractivity contribution in [3.8, 4) is 11.1 Å². The predicted octanol–water partition coefficient (Wildman–Crippen LogP) is 5.27. The molecule has 0 unspecified atom stereocenters. The smallest absolute Gasteiger partial charge is 0.0254 e. The Kier molecular flexibility index (Phi) is 2.69. The maximum absolute atomic E-state index is 3.60. The first-order chi connectivity index (χ1) is 8.36. The normalized spacial score (nSPS) is 10.6. The maximum Gasteiger partial charge on any atom is 0.0254 e. The number of rotatable bonds is 1. The lowest BCUT2D eigenvalue weighted by Gasteiger charge is -2.08. The van der Waals surface area contributed by atoms with Crippen molar-refractivity contribution in [2.75, 3.05) is 0 Å². The number of halogens is 1. The van der Waals surface area contributed by atoms with Gasteiger partial charge in [-0.05, 0) is 28.0 Å². The molecule has 82 valence electrons. The van der Waals surface area contributed by atoms with Gasteiger partial charge in [-0.3, -0.25) is 0 Å². The summed E-state index contributed by atoms with van der Waals surface area (Å²) in [7, 11) is 0. The summed E-state index contributed by atoms with van der Waals surface area (Å²) in [6.45, 7) is 0. The zero-order chi connectivity index (χ0) is 11.7. The van der Waals surface area contributed by atoms with E-state index >= 15 is 0 Å². The summed E-state index contributed by atoms with van der Waals surface area (Å²) >= 11 is 3.60. The van der Waals surface area contributed by atoms with Crippen LogP contribution in [0.15, 0.2) is 71.2 Å². The lowest BCUT2D eigenvalue weighted by Crippen LogP contribution is -1.81. The van der Waals surface area contributed by atoms with Gasteiger partial charge in [0.05, 0.1) is 0 Å². The lowest BCUT2D eigenvalue weighted by molar-refractivity contribution is 1.64. The number of benzene rings is 3. The zero-order valence-corrected chi connectivity index (χ0v) is 10.8. The van der Waals surface area contributed by atoms with Crippen molar-refractivity contribution in [1.82, 2.24) is 0 Å². The van der Waals surface area contributed by atoms with Crippen LogP contribution in [0.2, 0.25) is 0 Å². The quantitative estimate of drug-likeness (QED) is 0.570. The summed E-state index contributed by atoms with van der Waals surface area (Å²) in [6.07, 6.45) is 0. The van der Waals surface area contributed by atoms with Crippen molar-refractivity contribution in [2.24, 2.45) is 0 Å². The topological polar surface area (TPSA) is 0 Å². The minimum atomic E-state index is 1.15. The molecule has 0 aliphatic heterocycles. The summed E-state index contributed by atoms with van der Waals surface area (Å²) in [4.78, 5) is 0. The van der Waals surface area contributed by atoms with Crippen molar-refractivity contribution in [1.29, 1.82) is 0 Å². The molecule has 0 bridgehead atoms. The Hall–Kier alpha value is -1.60. The van der Waals surface area contributed by atoms with E-state index in [-0.39, 0.29) is 0 Å². The molecule has 0 fully saturated rings. The van der Waals surface area contributed by atoms with Gasteiger partial charge in [0.1, 0.15) is 0 Å². The second-order valence-electron chi connectivity index (χ2n) is 4.01. The van der Waals surface area contributed by atoms with Crippen LogP contribution in [0.5, 0.6) is 0 Å². The molecule has 0 N–H and O–H groups in total. The third-order valence-corrected chi connectivity index (χ3v) is 3.65. The molecule has 0 atom stereocenters. The highest BCUT2D eigenvalue weighted by atomic mass is 79.9. The summed E-state index contributed by atoms with van der Waals surface area (Å²) in [5, 5.41) is 2.54. The molecule has 0 radical (unpaired) electrons. The first-order valence-corrected chi connectivity index (χ1v) is 6.38. The summed E-state index contributed by atoms with van der Waals surface area (Å²) < 4.78 is 1.15. The lowest BCUT2D eigenvalue weighted by atomic mass is 9.98. The molecule has 0 heterocycles. The van der Waals surface area contributed by atoms with Crippen molar-refractivity contribution in [3.63, 3.8) is 0 Å². The first-order valence-electron chi connectivity index (χ1n) is 5.59. The van der Waals surface area contributed by atoms with E-state index in [1.807, 2.05) is 6.07 Å². The highest BCUT2D eigenvalue weighted by Gasteiger charge is 2.05. The Bertz CT molecular complexity index is 657. The van der Waals surface area contributed by atoms with Crippen molar-refractivity contribution in [3.05, 3.63) is 71.2 Å². The third kappa shape index (κ3) is 1.87. The zero-order valence-electron chi connectivity index (χ0n) is 9.23. The fraction of sp³-hybridized carbons (Fsp3) is 0. The summed E-state index contributed by atoms with van der Waals surface area (Å²) in [6, 6.07) is 23.2. The Morgan fingerprint density at radius 2 is 1.24 bits per heavy atom. The SMILES string of the molecule is Brc1ccc(-c2ccccc2)c2ccccc12. The van der Waals surface area contributed by atoms with E-state index in [9.17, 15) is 0 Å². The fourth-order valence-electron chi connectivity index (χ4n) is 2.13. The van der Waals surface area contributed by atoms with Crippen LogP contribution in [-0.4, -0.2) is 0 Å². The van der Waals surface area contributed by atoms with E-state index in [4.69, 9.17) is 0 Å². The van der Waals surface area contributed by atoms with Gasteiger partial charge < -0.3 is 0 Å². The monoisotopic (exact) mass is 282 g/mol. The molecule has 0 aliphatic rings. The largest absolute Gasteiger partial charge is 0.0622 e. The molecule has 3 rings (SSSR count). The van der Waals surface area contributed by atoms with Crippen molar-refractivity contribution < 1.29 is 0 Å². The molecule has 0 saturated heterocycles. The number of fused-ring (bicyclic) bond motifs is 1. The molecule has 0 nitrogen and oxygen atoms in total. The van der Waals surface area contributed by atoms with Crippen LogP contribution < -0.4 is 0 Å². The van der Waals surface area contributed by atoms with Gasteiger partial charge in [0.2, 0.25) is 0 Å². The van der Waals surface area contributed by atoms with Crippen molar-refractivity contribution >= 4 is 26.7 Å². The average molecular weight is 283 g/mol.